The predicted octanol–water partition coefficient (Wildman–Crippen LogP) is 3.36. The fourth-order valence-electron chi connectivity index (χ4n) is 4.94. The Morgan fingerprint density at radius 2 is 1.76 bits per heavy atom. The Morgan fingerprint density at radius 1 is 0.973 bits per heavy atom. The lowest BCUT2D eigenvalue weighted by molar-refractivity contribution is -0.132. The summed E-state index contributed by atoms with van der Waals surface area (Å²) in [7, 11) is 0. The van der Waals surface area contributed by atoms with Crippen molar-refractivity contribution in [2.75, 3.05) is 31.1 Å². The number of para-hydroxylation sites is 1. The second-order valence-corrected chi connectivity index (χ2v) is 9.64. The number of hydrogen-bond acceptors (Lipinski definition) is 6. The number of pyridine rings is 1. The van der Waals surface area contributed by atoms with Crippen LogP contribution in [0.1, 0.15) is 49.0 Å². The van der Waals surface area contributed by atoms with Gasteiger partial charge in [0.2, 0.25) is 11.8 Å². The highest BCUT2D eigenvalue weighted by Gasteiger charge is 2.21. The van der Waals surface area contributed by atoms with Crippen LogP contribution in [0.5, 0.6) is 0 Å². The van der Waals surface area contributed by atoms with Crippen LogP contribution in [-0.4, -0.2) is 67.5 Å². The predicted molar refractivity (Wildman–Crippen MR) is 143 cm³/mol. The van der Waals surface area contributed by atoms with E-state index in [4.69, 9.17) is 0 Å². The average Bonchev–Trinajstić information content (AvgIpc) is 3.21. The molecule has 1 aliphatic heterocycles. The number of hydrogen-bond donors (Lipinski definition) is 0. The number of aryl methyl sites for hydroxylation is 3. The van der Waals surface area contributed by atoms with E-state index in [9.17, 15) is 9.59 Å². The normalized spacial score (nSPS) is 15.5. The van der Waals surface area contributed by atoms with Gasteiger partial charge >= 0.3 is 0 Å². The molecular weight excluding hydrogens is 466 g/mol. The van der Waals surface area contributed by atoms with E-state index < -0.39 is 0 Å². The van der Waals surface area contributed by atoms with Gasteiger partial charge in [-0.1, -0.05) is 24.3 Å². The molecule has 0 fully saturated rings. The first-order valence-electron chi connectivity index (χ1n) is 13.0. The number of anilines is 1. The van der Waals surface area contributed by atoms with E-state index in [1.807, 2.05) is 60.2 Å². The maximum atomic E-state index is 13.5. The lowest BCUT2D eigenvalue weighted by atomic mass is 10.1. The van der Waals surface area contributed by atoms with E-state index in [1.54, 1.807) is 17.8 Å². The topological polar surface area (TPSA) is 87.5 Å². The van der Waals surface area contributed by atoms with E-state index in [2.05, 4.69) is 26.0 Å². The number of nitrogens with zero attached hydrogens (tertiary/aromatic N) is 7. The van der Waals surface area contributed by atoms with Crippen molar-refractivity contribution in [2.24, 2.45) is 0 Å². The van der Waals surface area contributed by atoms with Gasteiger partial charge in [-0.05, 0) is 49.9 Å². The van der Waals surface area contributed by atoms with Crippen LogP contribution in [-0.2, 0) is 29.2 Å². The van der Waals surface area contributed by atoms with Crippen LogP contribution >= 0.6 is 0 Å². The van der Waals surface area contributed by atoms with E-state index in [0.29, 0.717) is 38.4 Å². The first-order chi connectivity index (χ1) is 17.9. The minimum Gasteiger partial charge on any atom is -0.338 e. The highest BCUT2D eigenvalue weighted by Crippen LogP contribution is 2.24. The van der Waals surface area contributed by atoms with Crippen LogP contribution < -0.4 is 4.90 Å². The molecule has 3 heterocycles. The highest BCUT2D eigenvalue weighted by molar-refractivity contribution is 5.92. The molecule has 1 aromatic carbocycles. The number of carbonyl (C=O) groups is 2. The zero-order valence-corrected chi connectivity index (χ0v) is 22.1. The fourth-order valence-corrected chi connectivity index (χ4v) is 4.94. The molecule has 0 saturated carbocycles. The average molecular weight is 504 g/mol. The molecule has 0 spiro atoms. The van der Waals surface area contributed by atoms with Gasteiger partial charge in [0.05, 0.1) is 6.54 Å². The Balaban J connectivity index is 1.55. The minimum absolute atomic E-state index is 0.0122. The number of fused-ring (bicyclic) bond motifs is 1. The van der Waals surface area contributed by atoms with Gasteiger partial charge in [-0.25, -0.2) is 9.67 Å². The molecule has 4 rings (SSSR count). The van der Waals surface area contributed by atoms with Crippen molar-refractivity contribution in [1.82, 2.24) is 29.5 Å². The lowest BCUT2D eigenvalue weighted by Gasteiger charge is -2.31. The standard InChI is InChI=1S/C28H37N7O2/c1-22-30-23(2)35(31-22)18-12-28(37)33-16-7-14-32(20-25-9-6-13-29-19-25)15-8-17-34(24(3)36)27-11-5-4-10-26(27)21-33/h4-6,9-11,13,19H,7-8,12,14-18,20-21H2,1-3H3. The van der Waals surface area contributed by atoms with Gasteiger partial charge < -0.3 is 9.80 Å². The maximum absolute atomic E-state index is 13.5. The maximum Gasteiger partial charge on any atom is 0.224 e. The van der Waals surface area contributed by atoms with Gasteiger partial charge in [0.15, 0.2) is 0 Å². The summed E-state index contributed by atoms with van der Waals surface area (Å²) >= 11 is 0. The molecule has 0 saturated heterocycles. The van der Waals surface area contributed by atoms with Gasteiger partial charge in [-0.3, -0.25) is 19.5 Å². The number of rotatable bonds is 5. The quantitative estimate of drug-likeness (QED) is 0.531. The largest absolute Gasteiger partial charge is 0.338 e. The van der Waals surface area contributed by atoms with Crippen molar-refractivity contribution in [3.8, 4) is 0 Å². The van der Waals surface area contributed by atoms with Crippen LogP contribution in [0.15, 0.2) is 48.8 Å². The van der Waals surface area contributed by atoms with Crippen molar-refractivity contribution in [1.29, 1.82) is 0 Å². The van der Waals surface area contributed by atoms with Crippen LogP contribution in [0.4, 0.5) is 5.69 Å². The summed E-state index contributed by atoms with van der Waals surface area (Å²) in [6.07, 6.45) is 5.77. The Labute approximate surface area is 219 Å². The monoisotopic (exact) mass is 503 g/mol. The third kappa shape index (κ3) is 7.22. The first kappa shape index (κ1) is 26.5. The van der Waals surface area contributed by atoms with Crippen molar-refractivity contribution in [3.63, 3.8) is 0 Å². The van der Waals surface area contributed by atoms with Crippen molar-refractivity contribution >= 4 is 17.5 Å². The van der Waals surface area contributed by atoms with E-state index in [0.717, 1.165) is 55.1 Å². The molecule has 9 nitrogen and oxygen atoms in total. The van der Waals surface area contributed by atoms with Crippen LogP contribution in [0, 0.1) is 13.8 Å². The van der Waals surface area contributed by atoms with Crippen LogP contribution in [0.25, 0.3) is 0 Å². The second kappa shape index (κ2) is 12.6. The Hall–Kier alpha value is -3.59. The van der Waals surface area contributed by atoms with Crippen LogP contribution in [0.3, 0.4) is 0 Å². The number of benzene rings is 1. The molecule has 2 amide bonds. The van der Waals surface area contributed by atoms with E-state index >= 15 is 0 Å². The summed E-state index contributed by atoms with van der Waals surface area (Å²) in [6, 6.07) is 12.0. The van der Waals surface area contributed by atoms with Crippen molar-refractivity contribution in [3.05, 3.63) is 71.6 Å². The zero-order valence-electron chi connectivity index (χ0n) is 22.1. The number of aromatic nitrogens is 4. The zero-order chi connectivity index (χ0) is 26.2. The molecule has 0 atom stereocenters. The summed E-state index contributed by atoms with van der Waals surface area (Å²) in [5.41, 5.74) is 3.04. The molecule has 0 N–H and O–H groups in total. The summed E-state index contributed by atoms with van der Waals surface area (Å²) in [5, 5.41) is 4.41. The molecule has 3 aromatic rings. The molecule has 196 valence electrons. The molecule has 2 aromatic heterocycles. The minimum atomic E-state index is 0.0122. The smallest absolute Gasteiger partial charge is 0.224 e. The van der Waals surface area contributed by atoms with Gasteiger partial charge in [0.25, 0.3) is 0 Å². The third-order valence-electron chi connectivity index (χ3n) is 6.76. The van der Waals surface area contributed by atoms with Gasteiger partial charge in [-0.2, -0.15) is 5.10 Å². The molecule has 0 radical (unpaired) electrons. The highest BCUT2D eigenvalue weighted by atomic mass is 16.2. The molecule has 0 bridgehead atoms. The van der Waals surface area contributed by atoms with Crippen molar-refractivity contribution in [2.45, 2.75) is 59.7 Å². The number of carbonyl (C=O) groups excluding carboxylic acids is 2. The molecule has 0 unspecified atom stereocenters. The summed E-state index contributed by atoms with van der Waals surface area (Å²) in [4.78, 5) is 40.9. The molecular formula is C28H37N7O2. The second-order valence-electron chi connectivity index (χ2n) is 9.64. The summed E-state index contributed by atoms with van der Waals surface area (Å²) < 4.78 is 1.80. The van der Waals surface area contributed by atoms with E-state index in [-0.39, 0.29) is 11.8 Å². The van der Waals surface area contributed by atoms with Gasteiger partial charge in [0.1, 0.15) is 11.6 Å². The SMILES string of the molecule is CC(=O)N1CCCN(Cc2cccnc2)CCCN(C(=O)CCn2nc(C)nc2C)Cc2ccccc21. The first-order valence-corrected chi connectivity index (χ1v) is 13.0. The third-order valence-corrected chi connectivity index (χ3v) is 6.76. The lowest BCUT2D eigenvalue weighted by Crippen LogP contribution is -2.38. The Bertz CT molecular complexity index is 1190. The molecule has 1 aliphatic rings. The number of amides is 2. The Morgan fingerprint density at radius 3 is 2.46 bits per heavy atom. The Kier molecular flexibility index (Phi) is 9.00. The van der Waals surface area contributed by atoms with Gasteiger partial charge in [-0.15, -0.1) is 0 Å². The van der Waals surface area contributed by atoms with Gasteiger partial charge in [0, 0.05) is 70.7 Å². The molecule has 0 aliphatic carbocycles. The molecule has 9 heteroatoms. The fraction of sp³-hybridized carbons (Fsp3) is 0.464. The van der Waals surface area contributed by atoms with Crippen LogP contribution in [0.2, 0.25) is 0 Å². The molecule has 37 heavy (non-hydrogen) atoms. The van der Waals surface area contributed by atoms with E-state index in [1.165, 1.54) is 0 Å². The summed E-state index contributed by atoms with van der Waals surface area (Å²) in [5.74, 6) is 1.61. The summed E-state index contributed by atoms with van der Waals surface area (Å²) in [6.45, 7) is 10.1. The van der Waals surface area contributed by atoms with Crippen molar-refractivity contribution < 1.29 is 9.59 Å².